The number of rotatable bonds is 18. The molecule has 0 aliphatic heterocycles. The van der Waals surface area contributed by atoms with Gasteiger partial charge in [0.25, 0.3) is 0 Å². The third-order valence-corrected chi connectivity index (χ3v) is 5.10. The van der Waals surface area contributed by atoms with Crippen LogP contribution >= 0.6 is 0 Å². The Kier molecular flexibility index (Phi) is 27.6. The second kappa shape index (κ2) is 25.2. The topological polar surface area (TPSA) is 0 Å². The SMILES string of the molecule is CC.CCCCCCCCCCC(C)CCCCCCCCCC. The average molecular weight is 341 g/mol. The maximum atomic E-state index is 2.47. The molecule has 0 aromatic rings. The van der Waals surface area contributed by atoms with Gasteiger partial charge in [-0.05, 0) is 5.92 Å². The fraction of sp³-hybridized carbons (Fsp3) is 1.00. The molecule has 0 aromatic heterocycles. The van der Waals surface area contributed by atoms with Gasteiger partial charge in [-0.25, -0.2) is 0 Å². The molecular weight excluding hydrogens is 288 g/mol. The molecule has 24 heavy (non-hydrogen) atoms. The summed E-state index contributed by atoms with van der Waals surface area (Å²) in [6.45, 7) is 11.1. The molecule has 0 bridgehead atoms. The van der Waals surface area contributed by atoms with E-state index in [0.29, 0.717) is 0 Å². The molecule has 0 aromatic carbocycles. The molecule has 0 rings (SSSR count). The summed E-state index contributed by atoms with van der Waals surface area (Å²) in [5.74, 6) is 0.972. The number of hydrogen-bond donors (Lipinski definition) is 0. The van der Waals surface area contributed by atoms with Gasteiger partial charge in [0.1, 0.15) is 0 Å². The predicted molar refractivity (Wildman–Crippen MR) is 115 cm³/mol. The summed E-state index contributed by atoms with van der Waals surface area (Å²) < 4.78 is 0. The number of hydrogen-bond acceptors (Lipinski definition) is 0. The molecule has 0 heteroatoms. The highest BCUT2D eigenvalue weighted by Gasteiger charge is 2.02. The van der Waals surface area contributed by atoms with E-state index in [2.05, 4.69) is 20.8 Å². The first kappa shape index (κ1) is 26.2. The second-order valence-corrected chi connectivity index (χ2v) is 7.63. The lowest BCUT2D eigenvalue weighted by molar-refractivity contribution is 0.430. The average Bonchev–Trinajstić information content (AvgIpc) is 2.61. The maximum Gasteiger partial charge on any atom is -0.0443 e. The Hall–Kier alpha value is 0. The van der Waals surface area contributed by atoms with Crippen LogP contribution < -0.4 is 0 Å². The molecule has 0 saturated heterocycles. The molecule has 0 atom stereocenters. The van der Waals surface area contributed by atoms with Crippen LogP contribution in [0.1, 0.15) is 150 Å². The van der Waals surface area contributed by atoms with Crippen LogP contribution in [0, 0.1) is 5.92 Å². The van der Waals surface area contributed by atoms with E-state index in [-0.39, 0.29) is 0 Å². The largest absolute Gasteiger partial charge is 0.0683 e. The zero-order valence-corrected chi connectivity index (χ0v) is 18.3. The van der Waals surface area contributed by atoms with Gasteiger partial charge in [-0.1, -0.05) is 150 Å². The number of unbranched alkanes of at least 4 members (excludes halogenated alkanes) is 14. The van der Waals surface area contributed by atoms with E-state index >= 15 is 0 Å². The normalized spacial score (nSPS) is 10.8. The Bertz CT molecular complexity index is 164. The van der Waals surface area contributed by atoms with Crippen LogP contribution in [-0.4, -0.2) is 0 Å². The van der Waals surface area contributed by atoms with E-state index in [4.69, 9.17) is 0 Å². The maximum absolute atomic E-state index is 2.47. The van der Waals surface area contributed by atoms with E-state index < -0.39 is 0 Å². The Balaban J connectivity index is 0. The first-order valence-electron chi connectivity index (χ1n) is 11.8. The summed E-state index contributed by atoms with van der Waals surface area (Å²) in [5.41, 5.74) is 0. The van der Waals surface area contributed by atoms with Crippen LogP contribution in [0.3, 0.4) is 0 Å². The Morgan fingerprint density at radius 1 is 0.417 bits per heavy atom. The van der Waals surface area contributed by atoms with Crippen molar-refractivity contribution < 1.29 is 0 Å². The molecule has 0 aliphatic rings. The summed E-state index contributed by atoms with van der Waals surface area (Å²) in [6.07, 6.45) is 26.3. The van der Waals surface area contributed by atoms with Crippen LogP contribution in [0.5, 0.6) is 0 Å². The van der Waals surface area contributed by atoms with E-state index in [1.807, 2.05) is 13.8 Å². The van der Waals surface area contributed by atoms with Crippen molar-refractivity contribution in [2.75, 3.05) is 0 Å². The molecule has 0 nitrogen and oxygen atoms in total. The highest BCUT2D eigenvalue weighted by Crippen LogP contribution is 2.18. The lowest BCUT2D eigenvalue weighted by atomic mass is 9.96. The van der Waals surface area contributed by atoms with Gasteiger partial charge in [-0.15, -0.1) is 0 Å². The third-order valence-electron chi connectivity index (χ3n) is 5.10. The Morgan fingerprint density at radius 2 is 0.667 bits per heavy atom. The van der Waals surface area contributed by atoms with Crippen molar-refractivity contribution in [1.82, 2.24) is 0 Å². The van der Waals surface area contributed by atoms with E-state index in [0.717, 1.165) is 5.92 Å². The van der Waals surface area contributed by atoms with Gasteiger partial charge in [0.2, 0.25) is 0 Å². The van der Waals surface area contributed by atoms with Crippen LogP contribution in [-0.2, 0) is 0 Å². The summed E-state index contributed by atoms with van der Waals surface area (Å²) >= 11 is 0. The zero-order valence-electron chi connectivity index (χ0n) is 18.3. The summed E-state index contributed by atoms with van der Waals surface area (Å²) in [5, 5.41) is 0. The monoisotopic (exact) mass is 340 g/mol. The smallest absolute Gasteiger partial charge is 0.0443 e. The van der Waals surface area contributed by atoms with Crippen LogP contribution in [0.2, 0.25) is 0 Å². The van der Waals surface area contributed by atoms with Gasteiger partial charge in [0.05, 0.1) is 0 Å². The van der Waals surface area contributed by atoms with Crippen molar-refractivity contribution in [2.24, 2.45) is 5.92 Å². The minimum absolute atomic E-state index is 0.972. The lowest BCUT2D eigenvalue weighted by Crippen LogP contribution is -1.95. The molecule has 0 saturated carbocycles. The van der Waals surface area contributed by atoms with Crippen LogP contribution in [0.4, 0.5) is 0 Å². The molecule has 0 amide bonds. The van der Waals surface area contributed by atoms with E-state index in [1.54, 1.807) is 0 Å². The van der Waals surface area contributed by atoms with Crippen molar-refractivity contribution in [3.05, 3.63) is 0 Å². The summed E-state index contributed by atoms with van der Waals surface area (Å²) in [4.78, 5) is 0. The van der Waals surface area contributed by atoms with Gasteiger partial charge in [-0.3, -0.25) is 0 Å². The van der Waals surface area contributed by atoms with E-state index in [1.165, 1.54) is 116 Å². The van der Waals surface area contributed by atoms with Gasteiger partial charge >= 0.3 is 0 Å². The van der Waals surface area contributed by atoms with Gasteiger partial charge < -0.3 is 0 Å². The molecule has 148 valence electrons. The Labute approximate surface area is 156 Å². The van der Waals surface area contributed by atoms with Crippen LogP contribution in [0.25, 0.3) is 0 Å². The Morgan fingerprint density at radius 3 is 0.958 bits per heavy atom. The highest BCUT2D eigenvalue weighted by atomic mass is 14.1. The third kappa shape index (κ3) is 24.3. The molecule has 0 heterocycles. The summed E-state index contributed by atoms with van der Waals surface area (Å²) in [6, 6.07) is 0. The lowest BCUT2D eigenvalue weighted by Gasteiger charge is -2.11. The second-order valence-electron chi connectivity index (χ2n) is 7.63. The molecule has 0 spiro atoms. The van der Waals surface area contributed by atoms with Gasteiger partial charge in [0, 0.05) is 0 Å². The fourth-order valence-corrected chi connectivity index (χ4v) is 3.40. The zero-order chi connectivity index (χ0) is 18.3. The molecule has 0 unspecified atom stereocenters. The molecular formula is C24H52. The van der Waals surface area contributed by atoms with Crippen molar-refractivity contribution in [3.8, 4) is 0 Å². The first-order valence-corrected chi connectivity index (χ1v) is 11.8. The minimum Gasteiger partial charge on any atom is -0.0683 e. The van der Waals surface area contributed by atoms with Gasteiger partial charge in [-0.2, -0.15) is 0 Å². The molecule has 0 fully saturated rings. The standard InChI is InChI=1S/C22H46.C2H6/c1-4-6-8-10-12-14-16-18-20-22(3)21-19-17-15-13-11-9-7-5-2;1-2/h22H,4-21H2,1-3H3;1-2H3. The van der Waals surface area contributed by atoms with Crippen molar-refractivity contribution in [1.29, 1.82) is 0 Å². The minimum atomic E-state index is 0.972. The molecule has 0 N–H and O–H groups in total. The highest BCUT2D eigenvalue weighted by molar-refractivity contribution is 4.56. The first-order chi connectivity index (χ1) is 11.8. The summed E-state index contributed by atoms with van der Waals surface area (Å²) in [7, 11) is 0. The van der Waals surface area contributed by atoms with Crippen molar-refractivity contribution >= 4 is 0 Å². The fourth-order valence-electron chi connectivity index (χ4n) is 3.40. The molecule has 0 aliphatic carbocycles. The van der Waals surface area contributed by atoms with Crippen LogP contribution in [0.15, 0.2) is 0 Å². The molecule has 0 radical (unpaired) electrons. The van der Waals surface area contributed by atoms with Gasteiger partial charge in [0.15, 0.2) is 0 Å². The van der Waals surface area contributed by atoms with E-state index in [9.17, 15) is 0 Å². The van der Waals surface area contributed by atoms with Crippen molar-refractivity contribution in [2.45, 2.75) is 150 Å². The van der Waals surface area contributed by atoms with Crippen molar-refractivity contribution in [3.63, 3.8) is 0 Å². The quantitative estimate of drug-likeness (QED) is 0.218. The predicted octanol–water partition coefficient (Wildman–Crippen LogP) is 9.71.